The lowest BCUT2D eigenvalue weighted by molar-refractivity contribution is 0.0656. The van der Waals surface area contributed by atoms with E-state index in [-0.39, 0.29) is 18.0 Å². The molecule has 0 saturated carbocycles. The van der Waals surface area contributed by atoms with Crippen molar-refractivity contribution < 1.29 is 9.59 Å². The lowest BCUT2D eigenvalue weighted by Crippen LogP contribution is -2.55. The molecular formula is C25H31N3O2. The Morgan fingerprint density at radius 1 is 1.03 bits per heavy atom. The van der Waals surface area contributed by atoms with Crippen molar-refractivity contribution >= 4 is 17.5 Å². The van der Waals surface area contributed by atoms with Gasteiger partial charge in [0.1, 0.15) is 6.17 Å². The Bertz CT molecular complexity index is 922. The first-order valence-corrected chi connectivity index (χ1v) is 11.2. The molecule has 0 aromatic heterocycles. The molecule has 2 aliphatic heterocycles. The fraction of sp³-hybridized carbons (Fsp3) is 0.440. The van der Waals surface area contributed by atoms with Crippen LogP contribution in [0.1, 0.15) is 71.4 Å². The Hall–Kier alpha value is -2.82. The second kappa shape index (κ2) is 8.90. The molecule has 2 amide bonds. The Balaban J connectivity index is 1.54. The number of amides is 2. The van der Waals surface area contributed by atoms with Gasteiger partial charge in [0.25, 0.3) is 11.8 Å². The van der Waals surface area contributed by atoms with Crippen molar-refractivity contribution in [1.29, 1.82) is 0 Å². The molecule has 2 aromatic carbocycles. The van der Waals surface area contributed by atoms with Crippen molar-refractivity contribution in [3.05, 3.63) is 64.7 Å². The summed E-state index contributed by atoms with van der Waals surface area (Å²) in [7, 11) is 0. The highest BCUT2D eigenvalue weighted by molar-refractivity contribution is 6.04. The molecule has 2 aliphatic rings. The first kappa shape index (κ1) is 20.5. The number of nitrogens with zero attached hydrogens (tertiary/aromatic N) is 2. The summed E-state index contributed by atoms with van der Waals surface area (Å²) in [6.45, 7) is 6.38. The van der Waals surface area contributed by atoms with E-state index in [0.29, 0.717) is 17.7 Å². The number of anilines is 1. The largest absolute Gasteiger partial charge is 0.351 e. The molecule has 1 N–H and O–H groups in total. The van der Waals surface area contributed by atoms with E-state index >= 15 is 0 Å². The molecule has 0 bridgehead atoms. The third kappa shape index (κ3) is 3.93. The molecule has 5 nitrogen and oxygen atoms in total. The number of hydrogen-bond acceptors (Lipinski definition) is 3. The Morgan fingerprint density at radius 3 is 2.53 bits per heavy atom. The third-order valence-corrected chi connectivity index (χ3v) is 6.37. The Kier molecular flexibility index (Phi) is 6.07. The van der Waals surface area contributed by atoms with Crippen LogP contribution in [0.2, 0.25) is 0 Å². The van der Waals surface area contributed by atoms with E-state index in [4.69, 9.17) is 0 Å². The summed E-state index contributed by atoms with van der Waals surface area (Å²) in [5.74, 6) is -0.00580. The number of nitrogens with one attached hydrogen (secondary N) is 1. The minimum absolute atomic E-state index is 0.101. The molecule has 1 saturated heterocycles. The summed E-state index contributed by atoms with van der Waals surface area (Å²) in [5.41, 5.74) is 4.58. The second-order valence-electron chi connectivity index (χ2n) is 8.20. The van der Waals surface area contributed by atoms with E-state index in [0.717, 1.165) is 50.0 Å². The molecule has 0 unspecified atom stereocenters. The number of carbonyl (C=O) groups is 2. The van der Waals surface area contributed by atoms with Crippen LogP contribution in [0.25, 0.3) is 0 Å². The number of fused-ring (bicyclic) bond motifs is 2. The van der Waals surface area contributed by atoms with Crippen molar-refractivity contribution in [2.45, 2.75) is 58.7 Å². The van der Waals surface area contributed by atoms with Gasteiger partial charge in [0.2, 0.25) is 0 Å². The first-order valence-electron chi connectivity index (χ1n) is 11.2. The molecule has 4 rings (SSSR count). The highest BCUT2D eigenvalue weighted by Crippen LogP contribution is 2.35. The van der Waals surface area contributed by atoms with E-state index in [1.165, 1.54) is 12.0 Å². The van der Waals surface area contributed by atoms with Gasteiger partial charge in [0.15, 0.2) is 0 Å². The topological polar surface area (TPSA) is 52.7 Å². The molecule has 2 aromatic rings. The predicted octanol–water partition coefficient (Wildman–Crippen LogP) is 4.36. The monoisotopic (exact) mass is 405 g/mol. The van der Waals surface area contributed by atoms with Crippen LogP contribution in [-0.4, -0.2) is 36.0 Å². The highest BCUT2D eigenvalue weighted by atomic mass is 16.2. The average Bonchev–Trinajstić information content (AvgIpc) is 3.04. The molecule has 2 heterocycles. The SMILES string of the molecule is CCc1ccc(CNC(=O)c2ccc3c(c2)N(CC)[C@H]2CCCCCN2C3=O)cc1. The average molecular weight is 406 g/mol. The molecule has 0 radical (unpaired) electrons. The van der Waals surface area contributed by atoms with Gasteiger partial charge < -0.3 is 15.1 Å². The lowest BCUT2D eigenvalue weighted by Gasteiger charge is -2.44. The standard InChI is InChI=1S/C25H31N3O2/c1-3-18-9-11-19(12-10-18)17-26-24(29)20-13-14-21-22(16-20)27(4-2)23-8-6-5-7-15-28(23)25(21)30/h9-14,16,23H,3-8,15,17H2,1-2H3,(H,26,29)/t23-/m1/s1. The van der Waals surface area contributed by atoms with E-state index in [1.807, 2.05) is 17.0 Å². The van der Waals surface area contributed by atoms with Crippen LogP contribution in [-0.2, 0) is 13.0 Å². The van der Waals surface area contributed by atoms with Crippen LogP contribution < -0.4 is 10.2 Å². The van der Waals surface area contributed by atoms with Crippen LogP contribution in [0.5, 0.6) is 0 Å². The van der Waals surface area contributed by atoms with Gasteiger partial charge in [-0.25, -0.2) is 0 Å². The molecule has 30 heavy (non-hydrogen) atoms. The summed E-state index contributed by atoms with van der Waals surface area (Å²) >= 11 is 0. The second-order valence-corrected chi connectivity index (χ2v) is 8.20. The lowest BCUT2D eigenvalue weighted by atomic mass is 10.0. The maximum Gasteiger partial charge on any atom is 0.257 e. The zero-order valence-corrected chi connectivity index (χ0v) is 18.0. The fourth-order valence-corrected chi connectivity index (χ4v) is 4.62. The molecular weight excluding hydrogens is 374 g/mol. The maximum atomic E-state index is 13.1. The van der Waals surface area contributed by atoms with Crippen LogP contribution in [0.3, 0.4) is 0 Å². The predicted molar refractivity (Wildman–Crippen MR) is 120 cm³/mol. The van der Waals surface area contributed by atoms with Crippen LogP contribution in [0, 0.1) is 0 Å². The number of aryl methyl sites for hydroxylation is 1. The van der Waals surface area contributed by atoms with Gasteiger partial charge in [-0.2, -0.15) is 0 Å². The van der Waals surface area contributed by atoms with Crippen LogP contribution in [0.15, 0.2) is 42.5 Å². The van der Waals surface area contributed by atoms with Crippen molar-refractivity contribution in [2.24, 2.45) is 0 Å². The van der Waals surface area contributed by atoms with E-state index < -0.39 is 0 Å². The summed E-state index contributed by atoms with van der Waals surface area (Å²) in [4.78, 5) is 30.2. The number of rotatable bonds is 5. The Labute approximate surface area is 179 Å². The van der Waals surface area contributed by atoms with Crippen molar-refractivity contribution in [1.82, 2.24) is 10.2 Å². The zero-order chi connectivity index (χ0) is 21.1. The zero-order valence-electron chi connectivity index (χ0n) is 18.0. The molecule has 1 fully saturated rings. The van der Waals surface area contributed by atoms with Crippen molar-refractivity contribution in [3.8, 4) is 0 Å². The van der Waals surface area contributed by atoms with Gasteiger partial charge in [-0.3, -0.25) is 9.59 Å². The molecule has 1 atom stereocenters. The molecule has 158 valence electrons. The maximum absolute atomic E-state index is 13.1. The smallest absolute Gasteiger partial charge is 0.257 e. The van der Waals surface area contributed by atoms with Crippen LogP contribution >= 0.6 is 0 Å². The Morgan fingerprint density at radius 2 is 1.80 bits per heavy atom. The quantitative estimate of drug-likeness (QED) is 0.804. The fourth-order valence-electron chi connectivity index (χ4n) is 4.62. The van der Waals surface area contributed by atoms with E-state index in [9.17, 15) is 9.59 Å². The van der Waals surface area contributed by atoms with E-state index in [1.54, 1.807) is 6.07 Å². The van der Waals surface area contributed by atoms with Crippen LogP contribution in [0.4, 0.5) is 5.69 Å². The van der Waals surface area contributed by atoms with Gasteiger partial charge in [-0.1, -0.05) is 37.6 Å². The van der Waals surface area contributed by atoms with Gasteiger partial charge in [-0.05, 0) is 61.9 Å². The number of hydrogen-bond donors (Lipinski definition) is 1. The van der Waals surface area contributed by atoms with Gasteiger partial charge in [-0.15, -0.1) is 0 Å². The normalized spacial score (nSPS) is 18.5. The number of carbonyl (C=O) groups excluding carboxylic acids is 2. The summed E-state index contributed by atoms with van der Waals surface area (Å²) < 4.78 is 0. The summed E-state index contributed by atoms with van der Waals surface area (Å²) in [6, 6.07) is 13.8. The van der Waals surface area contributed by atoms with Crippen molar-refractivity contribution in [2.75, 3.05) is 18.0 Å². The molecule has 0 aliphatic carbocycles. The third-order valence-electron chi connectivity index (χ3n) is 6.37. The van der Waals surface area contributed by atoms with Gasteiger partial charge in [0.05, 0.1) is 11.3 Å². The van der Waals surface area contributed by atoms with Crippen molar-refractivity contribution in [3.63, 3.8) is 0 Å². The minimum atomic E-state index is -0.107. The summed E-state index contributed by atoms with van der Waals surface area (Å²) in [5, 5.41) is 3.02. The van der Waals surface area contributed by atoms with E-state index in [2.05, 4.69) is 48.3 Å². The summed E-state index contributed by atoms with van der Waals surface area (Å²) in [6.07, 6.45) is 5.47. The van der Waals surface area contributed by atoms with Gasteiger partial charge in [0, 0.05) is 25.2 Å². The highest BCUT2D eigenvalue weighted by Gasteiger charge is 2.37. The minimum Gasteiger partial charge on any atom is -0.351 e. The van der Waals surface area contributed by atoms with Gasteiger partial charge >= 0.3 is 0 Å². The number of benzene rings is 2. The first-order chi connectivity index (χ1) is 14.6. The molecule has 0 spiro atoms. The molecule has 5 heteroatoms.